The Balaban J connectivity index is 2.15. The second kappa shape index (κ2) is 11.0. The number of nitrogens with one attached hydrogen (secondary N) is 1. The van der Waals surface area contributed by atoms with Crippen LogP contribution < -0.4 is 19.1 Å². The Hall–Kier alpha value is -3.27. The standard InChI is InChI=1S/C23H30N2O7S/c1-15-9-10-17(12-16(15)2)25(33(6,28)29)11-7-8-22(26)24-19-14-21(31-4)20(30-3)13-18(19)23(27)32-5/h9-10,12-14H,7-8,11H2,1-6H3,(H,24,26). The smallest absolute Gasteiger partial charge is 0.340 e. The van der Waals surface area contributed by atoms with E-state index in [4.69, 9.17) is 14.2 Å². The van der Waals surface area contributed by atoms with E-state index in [-0.39, 0.29) is 36.5 Å². The average molecular weight is 479 g/mol. The van der Waals surface area contributed by atoms with Crippen molar-refractivity contribution in [3.05, 3.63) is 47.0 Å². The quantitative estimate of drug-likeness (QED) is 0.522. The number of rotatable bonds is 10. The van der Waals surface area contributed by atoms with Crippen LogP contribution in [0.5, 0.6) is 11.5 Å². The normalized spacial score (nSPS) is 11.0. The highest BCUT2D eigenvalue weighted by Gasteiger charge is 2.21. The van der Waals surface area contributed by atoms with Gasteiger partial charge in [-0.1, -0.05) is 6.07 Å². The molecule has 0 bridgehead atoms. The molecule has 0 saturated heterocycles. The maximum Gasteiger partial charge on any atom is 0.340 e. The third-order valence-corrected chi connectivity index (χ3v) is 6.34. The lowest BCUT2D eigenvalue weighted by atomic mass is 10.1. The van der Waals surface area contributed by atoms with Crippen molar-refractivity contribution < 1.29 is 32.2 Å². The molecular weight excluding hydrogens is 448 g/mol. The topological polar surface area (TPSA) is 111 Å². The fourth-order valence-corrected chi connectivity index (χ4v) is 4.18. The first-order chi connectivity index (χ1) is 15.5. The predicted molar refractivity (Wildman–Crippen MR) is 127 cm³/mol. The Morgan fingerprint density at radius 2 is 1.61 bits per heavy atom. The minimum Gasteiger partial charge on any atom is -0.493 e. The summed E-state index contributed by atoms with van der Waals surface area (Å²) in [5.74, 6) is -0.392. The highest BCUT2D eigenvalue weighted by molar-refractivity contribution is 7.92. The first-order valence-electron chi connectivity index (χ1n) is 10.2. The molecule has 0 spiro atoms. The number of carbonyl (C=O) groups is 2. The molecule has 0 aliphatic heterocycles. The lowest BCUT2D eigenvalue weighted by Crippen LogP contribution is -2.31. The molecule has 0 unspecified atom stereocenters. The molecule has 180 valence electrons. The van der Waals surface area contributed by atoms with Gasteiger partial charge in [-0.05, 0) is 43.5 Å². The molecule has 0 atom stereocenters. The van der Waals surface area contributed by atoms with E-state index in [9.17, 15) is 18.0 Å². The number of amides is 1. The van der Waals surface area contributed by atoms with Crippen LogP contribution in [0.25, 0.3) is 0 Å². The van der Waals surface area contributed by atoms with E-state index in [0.29, 0.717) is 17.2 Å². The zero-order valence-electron chi connectivity index (χ0n) is 19.7. The second-order valence-corrected chi connectivity index (χ2v) is 9.41. The molecule has 10 heteroatoms. The van der Waals surface area contributed by atoms with E-state index < -0.39 is 16.0 Å². The monoisotopic (exact) mass is 478 g/mol. The van der Waals surface area contributed by atoms with Gasteiger partial charge in [0.05, 0.1) is 44.5 Å². The molecular formula is C23H30N2O7S. The summed E-state index contributed by atoms with van der Waals surface area (Å²) in [5.41, 5.74) is 2.90. The number of anilines is 2. The van der Waals surface area contributed by atoms with Gasteiger partial charge in [0.25, 0.3) is 0 Å². The predicted octanol–water partition coefficient (Wildman–Crippen LogP) is 3.29. The summed E-state index contributed by atoms with van der Waals surface area (Å²) in [6.45, 7) is 3.99. The molecule has 0 heterocycles. The Bertz CT molecular complexity index is 1130. The molecule has 0 fully saturated rings. The number of carbonyl (C=O) groups excluding carboxylic acids is 2. The second-order valence-electron chi connectivity index (χ2n) is 7.50. The van der Waals surface area contributed by atoms with Crippen LogP contribution in [0.2, 0.25) is 0 Å². The molecule has 1 amide bonds. The van der Waals surface area contributed by atoms with Crippen LogP contribution in [0.3, 0.4) is 0 Å². The fourth-order valence-electron chi connectivity index (χ4n) is 3.22. The summed E-state index contributed by atoms with van der Waals surface area (Å²) < 4.78 is 41.2. The number of benzene rings is 2. The molecule has 2 aromatic rings. The Labute approximate surface area is 194 Å². The number of nitrogens with zero attached hydrogens (tertiary/aromatic N) is 1. The van der Waals surface area contributed by atoms with Crippen LogP contribution in [0, 0.1) is 13.8 Å². The van der Waals surface area contributed by atoms with Gasteiger partial charge in [0.15, 0.2) is 11.5 Å². The van der Waals surface area contributed by atoms with Crippen molar-refractivity contribution in [1.82, 2.24) is 0 Å². The van der Waals surface area contributed by atoms with Crippen molar-refractivity contribution in [3.63, 3.8) is 0 Å². The summed E-state index contributed by atoms with van der Waals surface area (Å²) in [6.07, 6.45) is 1.44. The summed E-state index contributed by atoms with van der Waals surface area (Å²) >= 11 is 0. The molecule has 1 N–H and O–H groups in total. The highest BCUT2D eigenvalue weighted by atomic mass is 32.2. The number of esters is 1. The van der Waals surface area contributed by atoms with Gasteiger partial charge in [0.1, 0.15) is 0 Å². The summed E-state index contributed by atoms with van der Waals surface area (Å²) in [6, 6.07) is 8.31. The van der Waals surface area contributed by atoms with E-state index in [1.54, 1.807) is 6.07 Å². The van der Waals surface area contributed by atoms with E-state index in [1.165, 1.54) is 37.8 Å². The third kappa shape index (κ3) is 6.61. The van der Waals surface area contributed by atoms with Crippen molar-refractivity contribution in [3.8, 4) is 11.5 Å². The number of methoxy groups -OCH3 is 3. The zero-order valence-corrected chi connectivity index (χ0v) is 20.5. The molecule has 2 aromatic carbocycles. The van der Waals surface area contributed by atoms with Crippen LogP contribution >= 0.6 is 0 Å². The fraction of sp³-hybridized carbons (Fsp3) is 0.391. The Morgan fingerprint density at radius 3 is 2.15 bits per heavy atom. The lowest BCUT2D eigenvalue weighted by Gasteiger charge is -2.23. The highest BCUT2D eigenvalue weighted by Crippen LogP contribution is 2.34. The summed E-state index contributed by atoms with van der Waals surface area (Å²) in [7, 11) is 0.570. The van der Waals surface area contributed by atoms with Crippen molar-refractivity contribution in [2.45, 2.75) is 26.7 Å². The van der Waals surface area contributed by atoms with Crippen LogP contribution in [0.4, 0.5) is 11.4 Å². The van der Waals surface area contributed by atoms with Crippen LogP contribution in [0.15, 0.2) is 30.3 Å². The first-order valence-corrected chi connectivity index (χ1v) is 12.1. The van der Waals surface area contributed by atoms with Gasteiger partial charge in [-0.3, -0.25) is 9.10 Å². The lowest BCUT2D eigenvalue weighted by molar-refractivity contribution is -0.116. The van der Waals surface area contributed by atoms with E-state index in [1.807, 2.05) is 26.0 Å². The van der Waals surface area contributed by atoms with Gasteiger partial charge in [-0.2, -0.15) is 0 Å². The number of hydrogen-bond donors (Lipinski definition) is 1. The molecule has 0 radical (unpaired) electrons. The van der Waals surface area contributed by atoms with Gasteiger partial charge < -0.3 is 19.5 Å². The van der Waals surface area contributed by atoms with Crippen molar-refractivity contribution >= 4 is 33.3 Å². The molecule has 0 aliphatic carbocycles. The van der Waals surface area contributed by atoms with Crippen LogP contribution in [0.1, 0.15) is 34.3 Å². The minimum atomic E-state index is -3.53. The number of sulfonamides is 1. The van der Waals surface area contributed by atoms with Crippen molar-refractivity contribution in [2.24, 2.45) is 0 Å². The van der Waals surface area contributed by atoms with E-state index in [2.05, 4.69) is 5.32 Å². The minimum absolute atomic E-state index is 0.0336. The molecule has 0 aromatic heterocycles. The first kappa shape index (κ1) is 26.0. The number of hydrogen-bond acceptors (Lipinski definition) is 7. The van der Waals surface area contributed by atoms with E-state index in [0.717, 1.165) is 17.4 Å². The largest absolute Gasteiger partial charge is 0.493 e. The summed E-state index contributed by atoms with van der Waals surface area (Å²) in [4.78, 5) is 24.8. The van der Waals surface area contributed by atoms with Gasteiger partial charge in [0, 0.05) is 25.1 Å². The molecule has 9 nitrogen and oxygen atoms in total. The van der Waals surface area contributed by atoms with Gasteiger partial charge in [0.2, 0.25) is 15.9 Å². The zero-order chi connectivity index (χ0) is 24.8. The maximum atomic E-state index is 12.6. The Kier molecular flexibility index (Phi) is 8.69. The van der Waals surface area contributed by atoms with Crippen molar-refractivity contribution in [1.29, 1.82) is 0 Å². The van der Waals surface area contributed by atoms with Crippen LogP contribution in [-0.4, -0.2) is 54.4 Å². The molecule has 0 saturated carbocycles. The molecule has 33 heavy (non-hydrogen) atoms. The molecule has 0 aliphatic rings. The Morgan fingerprint density at radius 1 is 0.970 bits per heavy atom. The van der Waals surface area contributed by atoms with Gasteiger partial charge >= 0.3 is 5.97 Å². The van der Waals surface area contributed by atoms with Gasteiger partial charge in [-0.15, -0.1) is 0 Å². The SMILES string of the molecule is COC(=O)c1cc(OC)c(OC)cc1NC(=O)CCCN(c1ccc(C)c(C)c1)S(C)(=O)=O. The maximum absolute atomic E-state index is 12.6. The van der Waals surface area contributed by atoms with E-state index >= 15 is 0 Å². The summed E-state index contributed by atoms with van der Waals surface area (Å²) in [5, 5.41) is 2.68. The van der Waals surface area contributed by atoms with Crippen molar-refractivity contribution in [2.75, 3.05) is 43.8 Å². The number of ether oxygens (including phenoxy) is 3. The average Bonchev–Trinajstić information content (AvgIpc) is 2.77. The van der Waals surface area contributed by atoms with Gasteiger partial charge in [-0.25, -0.2) is 13.2 Å². The number of aryl methyl sites for hydroxylation is 2. The molecule has 2 rings (SSSR count). The van der Waals surface area contributed by atoms with Crippen LogP contribution in [-0.2, 0) is 19.6 Å². The third-order valence-electron chi connectivity index (χ3n) is 5.15.